The molecule has 0 aliphatic carbocycles. The second kappa shape index (κ2) is 7.11. The number of hydrogen-bond donors (Lipinski definition) is 2. The predicted octanol–water partition coefficient (Wildman–Crippen LogP) is 4.13. The highest BCUT2D eigenvalue weighted by molar-refractivity contribution is 9.10. The van der Waals surface area contributed by atoms with Gasteiger partial charge in [0.1, 0.15) is 11.3 Å². The number of barbiturate groups is 1. The molecule has 0 aromatic heterocycles. The second-order valence-electron chi connectivity index (χ2n) is 5.26. The van der Waals surface area contributed by atoms with E-state index in [1.807, 2.05) is 0 Å². The minimum Gasteiger partial charge on any atom is -0.507 e. The van der Waals surface area contributed by atoms with Crippen LogP contribution in [0.25, 0.3) is 6.08 Å². The van der Waals surface area contributed by atoms with Crippen LogP contribution in [0.2, 0.25) is 10.0 Å². The number of aromatic hydroxyl groups is 1. The molecule has 0 bridgehead atoms. The number of imide groups is 2. The number of urea groups is 1. The molecule has 2 aromatic carbocycles. The SMILES string of the molecule is O=C1NC(=O)N(c2ccc(Cl)c(Cl)c2)C(=O)/C1=C/c1cc(Br)ccc1O. The molecular weight excluding hydrogens is 447 g/mol. The predicted molar refractivity (Wildman–Crippen MR) is 101 cm³/mol. The molecule has 1 aliphatic rings. The summed E-state index contributed by atoms with van der Waals surface area (Å²) in [6, 6.07) is 7.83. The molecule has 6 nitrogen and oxygen atoms in total. The molecule has 0 spiro atoms. The molecule has 2 N–H and O–H groups in total. The van der Waals surface area contributed by atoms with Gasteiger partial charge >= 0.3 is 6.03 Å². The fourth-order valence-electron chi connectivity index (χ4n) is 2.31. The Bertz CT molecular complexity index is 991. The van der Waals surface area contributed by atoms with E-state index in [1.165, 1.54) is 36.4 Å². The van der Waals surface area contributed by atoms with E-state index in [2.05, 4.69) is 21.2 Å². The number of anilines is 1. The average molecular weight is 456 g/mol. The van der Waals surface area contributed by atoms with Gasteiger partial charge in [-0.3, -0.25) is 14.9 Å². The number of nitrogens with one attached hydrogen (secondary N) is 1. The third kappa shape index (κ3) is 3.46. The Morgan fingerprint density at radius 2 is 1.77 bits per heavy atom. The zero-order chi connectivity index (χ0) is 19.0. The topological polar surface area (TPSA) is 86.7 Å². The van der Waals surface area contributed by atoms with Gasteiger partial charge in [0, 0.05) is 10.0 Å². The highest BCUT2D eigenvalue weighted by atomic mass is 79.9. The summed E-state index contributed by atoms with van der Waals surface area (Å²) >= 11 is 15.0. The van der Waals surface area contributed by atoms with Crippen molar-refractivity contribution in [2.45, 2.75) is 0 Å². The van der Waals surface area contributed by atoms with E-state index < -0.39 is 17.8 Å². The average Bonchev–Trinajstić information content (AvgIpc) is 2.57. The van der Waals surface area contributed by atoms with Crippen LogP contribution >= 0.6 is 39.1 Å². The number of phenolic OH excluding ortho intramolecular Hbond substituents is 1. The van der Waals surface area contributed by atoms with Gasteiger partial charge in [-0.2, -0.15) is 0 Å². The number of halogens is 3. The normalized spacial score (nSPS) is 16.2. The number of amides is 4. The summed E-state index contributed by atoms with van der Waals surface area (Å²) < 4.78 is 0.642. The van der Waals surface area contributed by atoms with Gasteiger partial charge in [0.25, 0.3) is 11.8 Å². The molecule has 2 aromatic rings. The van der Waals surface area contributed by atoms with E-state index in [0.29, 0.717) is 4.47 Å². The van der Waals surface area contributed by atoms with Gasteiger partial charge in [0.15, 0.2) is 0 Å². The van der Waals surface area contributed by atoms with Crippen LogP contribution in [0.4, 0.5) is 10.5 Å². The molecule has 0 saturated carbocycles. The lowest BCUT2D eigenvalue weighted by Crippen LogP contribution is -2.54. The molecule has 3 rings (SSSR count). The van der Waals surface area contributed by atoms with Crippen molar-refractivity contribution >= 4 is 68.7 Å². The lowest BCUT2D eigenvalue weighted by atomic mass is 10.1. The van der Waals surface area contributed by atoms with Crippen LogP contribution in [0.5, 0.6) is 5.75 Å². The van der Waals surface area contributed by atoms with Crippen molar-refractivity contribution in [1.29, 1.82) is 0 Å². The number of benzene rings is 2. The third-order valence-corrected chi connectivity index (χ3v) is 4.78. The van der Waals surface area contributed by atoms with Gasteiger partial charge < -0.3 is 5.11 Å². The largest absolute Gasteiger partial charge is 0.507 e. The van der Waals surface area contributed by atoms with Crippen LogP contribution in [-0.2, 0) is 9.59 Å². The molecule has 1 fully saturated rings. The standard InChI is InChI=1S/C17H9BrCl2N2O4/c18-9-1-4-14(23)8(5-9)6-11-15(24)21-17(26)22(16(11)25)10-2-3-12(19)13(20)7-10/h1-7,23H,(H,21,24,26)/b11-6+. The van der Waals surface area contributed by atoms with Gasteiger partial charge in [-0.15, -0.1) is 0 Å². The molecule has 1 saturated heterocycles. The van der Waals surface area contributed by atoms with E-state index in [0.717, 1.165) is 4.90 Å². The smallest absolute Gasteiger partial charge is 0.335 e. The van der Waals surface area contributed by atoms with Gasteiger partial charge in [-0.1, -0.05) is 39.1 Å². The molecule has 0 atom stereocenters. The highest BCUT2D eigenvalue weighted by Gasteiger charge is 2.37. The van der Waals surface area contributed by atoms with Crippen molar-refractivity contribution in [3.05, 3.63) is 62.1 Å². The lowest BCUT2D eigenvalue weighted by molar-refractivity contribution is -0.122. The molecule has 9 heteroatoms. The fourth-order valence-corrected chi connectivity index (χ4v) is 2.98. The van der Waals surface area contributed by atoms with Crippen LogP contribution in [0.15, 0.2) is 46.4 Å². The highest BCUT2D eigenvalue weighted by Crippen LogP contribution is 2.30. The molecular formula is C17H9BrCl2N2O4. The van der Waals surface area contributed by atoms with E-state index in [-0.39, 0.29) is 32.6 Å². The Kier molecular flexibility index (Phi) is 5.04. The van der Waals surface area contributed by atoms with E-state index >= 15 is 0 Å². The summed E-state index contributed by atoms with van der Waals surface area (Å²) in [6.07, 6.45) is 1.20. The van der Waals surface area contributed by atoms with Gasteiger partial charge in [-0.05, 0) is 42.5 Å². The third-order valence-electron chi connectivity index (χ3n) is 3.55. The molecule has 132 valence electrons. The summed E-state index contributed by atoms with van der Waals surface area (Å²) in [6.45, 7) is 0. The van der Waals surface area contributed by atoms with Crippen molar-refractivity contribution in [3.8, 4) is 5.75 Å². The zero-order valence-electron chi connectivity index (χ0n) is 12.8. The minimum absolute atomic E-state index is 0.126. The quantitative estimate of drug-likeness (QED) is 0.526. The summed E-state index contributed by atoms with van der Waals surface area (Å²) in [4.78, 5) is 37.8. The maximum absolute atomic E-state index is 12.8. The van der Waals surface area contributed by atoms with Crippen LogP contribution < -0.4 is 10.2 Å². The Morgan fingerprint density at radius 3 is 2.46 bits per heavy atom. The molecule has 1 heterocycles. The molecule has 0 radical (unpaired) electrons. The van der Waals surface area contributed by atoms with Crippen LogP contribution in [0, 0.1) is 0 Å². The van der Waals surface area contributed by atoms with Crippen LogP contribution in [0.1, 0.15) is 5.56 Å². The van der Waals surface area contributed by atoms with E-state index in [9.17, 15) is 19.5 Å². The Morgan fingerprint density at radius 1 is 1.04 bits per heavy atom. The van der Waals surface area contributed by atoms with Gasteiger partial charge in [0.05, 0.1) is 15.7 Å². The first kappa shape index (κ1) is 18.4. The Balaban J connectivity index is 2.07. The van der Waals surface area contributed by atoms with Crippen molar-refractivity contribution < 1.29 is 19.5 Å². The first-order chi connectivity index (χ1) is 12.3. The molecule has 4 amide bonds. The molecule has 0 unspecified atom stereocenters. The van der Waals surface area contributed by atoms with Gasteiger partial charge in [0.2, 0.25) is 0 Å². The van der Waals surface area contributed by atoms with Crippen molar-refractivity contribution in [1.82, 2.24) is 5.32 Å². The lowest BCUT2D eigenvalue weighted by Gasteiger charge is -2.26. The van der Waals surface area contributed by atoms with Crippen molar-refractivity contribution in [2.24, 2.45) is 0 Å². The molecule has 26 heavy (non-hydrogen) atoms. The number of rotatable bonds is 2. The van der Waals surface area contributed by atoms with Crippen molar-refractivity contribution in [2.75, 3.05) is 4.90 Å². The maximum atomic E-state index is 12.8. The molecule has 1 aliphatic heterocycles. The Labute approximate surface area is 166 Å². The van der Waals surface area contributed by atoms with E-state index in [4.69, 9.17) is 23.2 Å². The second-order valence-corrected chi connectivity index (χ2v) is 6.99. The monoisotopic (exact) mass is 454 g/mol. The number of hydrogen-bond acceptors (Lipinski definition) is 4. The summed E-state index contributed by atoms with van der Waals surface area (Å²) in [5.41, 5.74) is 0.0733. The first-order valence-electron chi connectivity index (χ1n) is 7.13. The zero-order valence-corrected chi connectivity index (χ0v) is 15.9. The summed E-state index contributed by atoms with van der Waals surface area (Å²) in [7, 11) is 0. The first-order valence-corrected chi connectivity index (χ1v) is 8.68. The fraction of sp³-hybridized carbons (Fsp3) is 0. The number of phenols is 1. The Hall–Kier alpha value is -2.35. The van der Waals surface area contributed by atoms with Crippen molar-refractivity contribution in [3.63, 3.8) is 0 Å². The summed E-state index contributed by atoms with van der Waals surface area (Å²) in [5, 5.41) is 12.4. The maximum Gasteiger partial charge on any atom is 0.335 e. The number of carbonyl (C=O) groups is 3. The number of nitrogens with zero attached hydrogens (tertiary/aromatic N) is 1. The summed E-state index contributed by atoms with van der Waals surface area (Å²) in [5.74, 6) is -1.84. The number of carbonyl (C=O) groups excluding carboxylic acids is 3. The van der Waals surface area contributed by atoms with Crippen LogP contribution in [0.3, 0.4) is 0 Å². The van der Waals surface area contributed by atoms with Gasteiger partial charge in [-0.25, -0.2) is 9.69 Å². The minimum atomic E-state index is -0.908. The van der Waals surface area contributed by atoms with E-state index in [1.54, 1.807) is 6.07 Å². The van der Waals surface area contributed by atoms with Crippen LogP contribution in [-0.4, -0.2) is 23.0 Å².